The maximum Gasteiger partial charge on any atom is 0.272 e. The van der Waals surface area contributed by atoms with E-state index in [0.29, 0.717) is 29.7 Å². The number of hydrogen-bond donors (Lipinski definition) is 2. The van der Waals surface area contributed by atoms with E-state index in [2.05, 4.69) is 10.2 Å². The number of ether oxygens (including phenoxy) is 2. The van der Waals surface area contributed by atoms with E-state index in [0.717, 1.165) is 48.1 Å². The zero-order valence-corrected chi connectivity index (χ0v) is 22.1. The minimum absolute atomic E-state index is 0.0173. The number of aryl methyl sites for hydroxylation is 1. The van der Waals surface area contributed by atoms with Crippen molar-refractivity contribution in [2.75, 3.05) is 40.5 Å². The van der Waals surface area contributed by atoms with Gasteiger partial charge in [-0.3, -0.25) is 9.59 Å². The number of aromatic nitrogens is 2. The lowest BCUT2D eigenvalue weighted by atomic mass is 10.0. The van der Waals surface area contributed by atoms with E-state index in [1.54, 1.807) is 16.2 Å². The number of carbonyl (C=O) groups is 1. The summed E-state index contributed by atoms with van der Waals surface area (Å²) in [5, 5.41) is 13.6. The van der Waals surface area contributed by atoms with E-state index < -0.39 is 0 Å². The zero-order chi connectivity index (χ0) is 26.8. The van der Waals surface area contributed by atoms with Crippen LogP contribution in [0.25, 0.3) is 21.8 Å². The van der Waals surface area contributed by atoms with Crippen LogP contribution in [0.15, 0.2) is 53.3 Å². The molecule has 1 saturated heterocycles. The summed E-state index contributed by atoms with van der Waals surface area (Å²) in [5.74, 6) is 0.782. The first-order valence-corrected chi connectivity index (χ1v) is 12.9. The third-order valence-electron chi connectivity index (χ3n) is 7.52. The van der Waals surface area contributed by atoms with E-state index in [9.17, 15) is 14.7 Å². The largest absolute Gasteiger partial charge is 0.497 e. The number of fused-ring (bicyclic) bond motifs is 3. The molecule has 0 radical (unpaired) electrons. The average Bonchev–Trinajstić information content (AvgIpc) is 3.25. The number of aliphatic hydroxyl groups is 1. The Morgan fingerprint density at radius 1 is 1.05 bits per heavy atom. The molecule has 1 amide bonds. The average molecular weight is 519 g/mol. The van der Waals surface area contributed by atoms with Crippen LogP contribution in [0.4, 0.5) is 0 Å². The Morgan fingerprint density at radius 3 is 2.42 bits per heavy atom. The number of benzene rings is 2. The molecule has 9 heteroatoms. The van der Waals surface area contributed by atoms with Crippen LogP contribution >= 0.6 is 0 Å². The van der Waals surface area contributed by atoms with Gasteiger partial charge in [0.1, 0.15) is 11.1 Å². The van der Waals surface area contributed by atoms with Crippen LogP contribution < -0.4 is 20.3 Å². The van der Waals surface area contributed by atoms with Crippen molar-refractivity contribution in [3.63, 3.8) is 0 Å². The fourth-order valence-corrected chi connectivity index (χ4v) is 5.55. The molecule has 0 saturated carbocycles. The minimum Gasteiger partial charge on any atom is -0.497 e. The van der Waals surface area contributed by atoms with E-state index in [1.165, 1.54) is 7.11 Å². The van der Waals surface area contributed by atoms with Crippen molar-refractivity contribution in [2.24, 2.45) is 7.05 Å². The van der Waals surface area contributed by atoms with Crippen LogP contribution in [0.5, 0.6) is 11.5 Å². The molecule has 1 aliphatic rings. The fourth-order valence-electron chi connectivity index (χ4n) is 5.55. The molecule has 0 aliphatic carbocycles. The summed E-state index contributed by atoms with van der Waals surface area (Å²) in [4.78, 5) is 29.8. The number of para-hydroxylation sites is 1. The van der Waals surface area contributed by atoms with Crippen molar-refractivity contribution >= 4 is 27.7 Å². The Kier molecular flexibility index (Phi) is 7.40. The minimum atomic E-state index is -0.258. The summed E-state index contributed by atoms with van der Waals surface area (Å²) >= 11 is 0. The van der Waals surface area contributed by atoms with Gasteiger partial charge in [0.25, 0.3) is 11.5 Å². The molecule has 1 aliphatic heterocycles. The highest BCUT2D eigenvalue weighted by Gasteiger charge is 2.29. The van der Waals surface area contributed by atoms with E-state index in [4.69, 9.17) is 9.47 Å². The topological polar surface area (TPSA) is 98.0 Å². The number of methoxy groups -OCH3 is 2. The van der Waals surface area contributed by atoms with Gasteiger partial charge in [0.15, 0.2) is 11.4 Å². The van der Waals surface area contributed by atoms with Gasteiger partial charge in [-0.25, -0.2) is 0 Å². The van der Waals surface area contributed by atoms with Crippen LogP contribution in [-0.2, 0) is 13.6 Å². The Morgan fingerprint density at radius 2 is 1.76 bits per heavy atom. The summed E-state index contributed by atoms with van der Waals surface area (Å²) in [6, 6.07) is 15.4. The number of rotatable bonds is 8. The monoisotopic (exact) mass is 518 g/mol. The maximum atomic E-state index is 14.0. The number of likely N-dealkylation sites (tertiary alicyclic amines) is 1. The first-order valence-electron chi connectivity index (χ1n) is 12.9. The number of piperidine rings is 1. The summed E-state index contributed by atoms with van der Waals surface area (Å²) in [6.07, 6.45) is 1.60. The fraction of sp³-hybridized carbons (Fsp3) is 0.379. The van der Waals surface area contributed by atoms with Gasteiger partial charge < -0.3 is 33.9 Å². The predicted molar refractivity (Wildman–Crippen MR) is 147 cm³/mol. The van der Waals surface area contributed by atoms with Gasteiger partial charge in [-0.05, 0) is 36.6 Å². The van der Waals surface area contributed by atoms with E-state index in [1.807, 2.05) is 55.6 Å². The summed E-state index contributed by atoms with van der Waals surface area (Å²) in [7, 11) is 4.93. The van der Waals surface area contributed by atoms with Crippen LogP contribution in [0.1, 0.15) is 28.9 Å². The highest BCUT2D eigenvalue weighted by molar-refractivity contribution is 6.12. The smallest absolute Gasteiger partial charge is 0.272 e. The number of pyridine rings is 1. The van der Waals surface area contributed by atoms with Crippen molar-refractivity contribution in [3.05, 3.63) is 70.1 Å². The molecule has 2 aromatic heterocycles. The summed E-state index contributed by atoms with van der Waals surface area (Å²) in [5.41, 5.74) is 2.55. The molecule has 9 nitrogen and oxygen atoms in total. The van der Waals surface area contributed by atoms with Crippen LogP contribution in [0.2, 0.25) is 0 Å². The van der Waals surface area contributed by atoms with Crippen LogP contribution in [-0.4, -0.2) is 71.6 Å². The molecule has 0 spiro atoms. The number of nitrogens with zero attached hydrogens (tertiary/aromatic N) is 3. The van der Waals surface area contributed by atoms with Crippen molar-refractivity contribution in [1.29, 1.82) is 0 Å². The lowest BCUT2D eigenvalue weighted by Crippen LogP contribution is -2.45. The molecular weight excluding hydrogens is 484 g/mol. The molecule has 38 heavy (non-hydrogen) atoms. The van der Waals surface area contributed by atoms with Gasteiger partial charge in [-0.15, -0.1) is 0 Å². The van der Waals surface area contributed by atoms with Gasteiger partial charge in [0.05, 0.1) is 38.4 Å². The van der Waals surface area contributed by atoms with Gasteiger partial charge >= 0.3 is 0 Å². The first-order chi connectivity index (χ1) is 18.5. The Bertz CT molecular complexity index is 1510. The Labute approximate surface area is 221 Å². The zero-order valence-electron chi connectivity index (χ0n) is 22.1. The van der Waals surface area contributed by atoms with Gasteiger partial charge in [-0.2, -0.15) is 0 Å². The van der Waals surface area contributed by atoms with Gasteiger partial charge in [-0.1, -0.05) is 30.3 Å². The number of hydrogen-bond acceptors (Lipinski definition) is 6. The lowest BCUT2D eigenvalue weighted by Gasteiger charge is -2.31. The van der Waals surface area contributed by atoms with Crippen LogP contribution in [0.3, 0.4) is 0 Å². The first kappa shape index (κ1) is 25.8. The Hall–Kier alpha value is -3.82. The predicted octanol–water partition coefficient (Wildman–Crippen LogP) is 2.75. The van der Waals surface area contributed by atoms with E-state index >= 15 is 0 Å². The second-order valence-electron chi connectivity index (χ2n) is 9.73. The Balaban J connectivity index is 1.58. The molecule has 4 aromatic rings. The van der Waals surface area contributed by atoms with Crippen molar-refractivity contribution in [1.82, 2.24) is 19.4 Å². The number of amides is 1. The molecule has 3 heterocycles. The molecule has 0 unspecified atom stereocenters. The third kappa shape index (κ3) is 4.63. The molecule has 0 atom stereocenters. The molecule has 5 rings (SSSR count). The molecule has 2 N–H and O–H groups in total. The SMILES string of the molecule is COc1ccc(Cn2c(=O)c3c(OC)c(C(=O)NC4CCN(CCO)CC4)n(C)c3c3ccccc32)cc1. The highest BCUT2D eigenvalue weighted by Crippen LogP contribution is 2.35. The highest BCUT2D eigenvalue weighted by atomic mass is 16.5. The quantitative estimate of drug-likeness (QED) is 0.372. The van der Waals surface area contributed by atoms with Crippen molar-refractivity contribution in [2.45, 2.75) is 25.4 Å². The lowest BCUT2D eigenvalue weighted by molar-refractivity contribution is 0.0892. The van der Waals surface area contributed by atoms with Gasteiger partial charge in [0.2, 0.25) is 0 Å². The second-order valence-corrected chi connectivity index (χ2v) is 9.73. The standard InChI is InChI=1S/C29H34N4O5/c1-31-25-22-6-4-5-7-23(22)33(18-19-8-10-21(37-2)11-9-19)29(36)24(25)27(38-3)26(31)28(35)30-20-12-14-32(15-13-20)16-17-34/h4-11,20,34H,12-18H2,1-3H3,(H,30,35). The molecule has 0 bridgehead atoms. The molecule has 1 fully saturated rings. The number of aliphatic hydroxyl groups excluding tert-OH is 1. The van der Waals surface area contributed by atoms with Crippen molar-refractivity contribution in [3.8, 4) is 11.5 Å². The number of β-amino-alcohol motifs (C(OH)–C–C–N with tert-alkyl or cyclic N) is 1. The number of nitrogens with one attached hydrogen (secondary N) is 1. The molecular formula is C29H34N4O5. The normalized spacial score (nSPS) is 14.7. The summed E-state index contributed by atoms with van der Waals surface area (Å²) < 4.78 is 14.5. The number of carbonyl (C=O) groups excluding carboxylic acids is 1. The van der Waals surface area contributed by atoms with Crippen molar-refractivity contribution < 1.29 is 19.4 Å². The van der Waals surface area contributed by atoms with E-state index in [-0.39, 0.29) is 29.9 Å². The van der Waals surface area contributed by atoms with Gasteiger partial charge in [0, 0.05) is 38.1 Å². The third-order valence-corrected chi connectivity index (χ3v) is 7.52. The molecule has 2 aromatic carbocycles. The molecule has 200 valence electrons. The summed E-state index contributed by atoms with van der Waals surface area (Å²) in [6.45, 7) is 2.78. The second kappa shape index (κ2) is 10.9. The maximum absolute atomic E-state index is 14.0. The van der Waals surface area contributed by atoms with Crippen LogP contribution in [0, 0.1) is 0 Å².